The highest BCUT2D eigenvalue weighted by Gasteiger charge is 2.39. The van der Waals surface area contributed by atoms with Crippen molar-refractivity contribution in [2.45, 2.75) is 38.7 Å². The molecule has 0 radical (unpaired) electrons. The summed E-state index contributed by atoms with van der Waals surface area (Å²) in [7, 11) is 0. The van der Waals surface area contributed by atoms with Crippen LogP contribution in [0.3, 0.4) is 0 Å². The van der Waals surface area contributed by atoms with E-state index in [1.54, 1.807) is 6.08 Å². The zero-order valence-corrected chi connectivity index (χ0v) is 17.4. The van der Waals surface area contributed by atoms with Gasteiger partial charge in [-0.3, -0.25) is 0 Å². The van der Waals surface area contributed by atoms with Gasteiger partial charge in [0.15, 0.2) is 0 Å². The van der Waals surface area contributed by atoms with Crippen molar-refractivity contribution < 1.29 is 10.2 Å². The number of piperidine rings is 1. The Morgan fingerprint density at radius 3 is 2.69 bits per heavy atom. The summed E-state index contributed by atoms with van der Waals surface area (Å²) < 4.78 is 0. The van der Waals surface area contributed by atoms with Gasteiger partial charge in [0, 0.05) is 17.8 Å². The van der Waals surface area contributed by atoms with Gasteiger partial charge in [0.25, 0.3) is 0 Å². The van der Waals surface area contributed by atoms with Gasteiger partial charge in [0.2, 0.25) is 0 Å². The minimum atomic E-state index is -0.822. The number of nitrogen functional groups attached to an aromatic ring is 1. The molecule has 0 spiro atoms. The van der Waals surface area contributed by atoms with Gasteiger partial charge < -0.3 is 21.3 Å². The lowest BCUT2D eigenvalue weighted by atomic mass is 9.74. The molecule has 0 saturated carbocycles. The van der Waals surface area contributed by atoms with E-state index >= 15 is 0 Å². The van der Waals surface area contributed by atoms with Crippen molar-refractivity contribution in [3.63, 3.8) is 0 Å². The molecule has 4 heteroatoms. The molecule has 4 nitrogen and oxygen atoms in total. The predicted molar refractivity (Wildman–Crippen MR) is 122 cm³/mol. The molecule has 1 fully saturated rings. The third kappa shape index (κ3) is 4.39. The zero-order valence-electron chi connectivity index (χ0n) is 17.4. The molecule has 5 N–H and O–H groups in total. The second-order valence-corrected chi connectivity index (χ2v) is 8.02. The number of aliphatic hydroxyl groups is 2. The molecule has 0 aromatic heterocycles. The number of nitrogens with one attached hydrogen (secondary N) is 1. The van der Waals surface area contributed by atoms with Gasteiger partial charge in [-0.05, 0) is 78.8 Å². The Labute approximate surface area is 173 Å². The van der Waals surface area contributed by atoms with E-state index in [4.69, 9.17) is 5.73 Å². The van der Waals surface area contributed by atoms with Gasteiger partial charge >= 0.3 is 0 Å². The average molecular weight is 393 g/mol. The van der Waals surface area contributed by atoms with Crippen LogP contribution >= 0.6 is 0 Å². The molecule has 154 valence electrons. The van der Waals surface area contributed by atoms with E-state index in [1.807, 2.05) is 31.2 Å². The van der Waals surface area contributed by atoms with E-state index in [0.29, 0.717) is 12.2 Å². The first-order chi connectivity index (χ1) is 13.9. The molecular weight excluding hydrogens is 360 g/mol. The normalized spacial score (nSPS) is 22.4. The van der Waals surface area contributed by atoms with Crippen molar-refractivity contribution in [1.29, 1.82) is 0 Å². The van der Waals surface area contributed by atoms with Crippen LogP contribution in [0.4, 0.5) is 5.69 Å². The van der Waals surface area contributed by atoms with Gasteiger partial charge in [-0.1, -0.05) is 44.2 Å². The third-order valence-electron chi connectivity index (χ3n) is 6.01. The van der Waals surface area contributed by atoms with E-state index in [-0.39, 0.29) is 11.7 Å². The summed E-state index contributed by atoms with van der Waals surface area (Å²) >= 11 is 0. The molecule has 2 atom stereocenters. The fourth-order valence-corrected chi connectivity index (χ4v) is 4.35. The molecule has 1 aliphatic heterocycles. The fourth-order valence-electron chi connectivity index (χ4n) is 4.35. The van der Waals surface area contributed by atoms with Crippen molar-refractivity contribution >= 4 is 11.8 Å². The molecule has 2 aromatic rings. The van der Waals surface area contributed by atoms with Crippen molar-refractivity contribution in [3.8, 4) is 11.1 Å². The van der Waals surface area contributed by atoms with Crippen LogP contribution in [0.25, 0.3) is 17.2 Å². The molecule has 2 aromatic carbocycles. The largest absolute Gasteiger partial charge is 0.508 e. The Kier molecular flexibility index (Phi) is 6.46. The standard InChI is InChI=1S/C25H32N2O2/c1-4-6-20-11-12-27-16-25(20,29)21-9-7-18(8-10-21)23-15-24(26)19(13-17(23)3)14-22(28)5-2/h5,7-10,13-15,20,27-29H,2,4,6,11-12,16,26H2,1,3H3/b22-14+. The lowest BCUT2D eigenvalue weighted by Crippen LogP contribution is -2.49. The number of aryl methyl sites for hydroxylation is 1. The van der Waals surface area contributed by atoms with Crippen LogP contribution in [0.1, 0.15) is 42.9 Å². The van der Waals surface area contributed by atoms with Crippen LogP contribution in [0.2, 0.25) is 0 Å². The van der Waals surface area contributed by atoms with Crippen LogP contribution in [0, 0.1) is 12.8 Å². The van der Waals surface area contributed by atoms with Crippen LogP contribution in [-0.4, -0.2) is 23.3 Å². The Balaban J connectivity index is 1.92. The number of benzene rings is 2. The van der Waals surface area contributed by atoms with Gasteiger partial charge in [0.1, 0.15) is 11.4 Å². The molecule has 3 rings (SSSR count). The van der Waals surface area contributed by atoms with Crippen LogP contribution in [0.5, 0.6) is 0 Å². The molecular formula is C25H32N2O2. The SMILES string of the molecule is C=C/C(O)=C\c1cc(C)c(-c2ccc(C3(O)CNCCC3CCC)cc2)cc1N. The quantitative estimate of drug-likeness (QED) is 0.319. The monoisotopic (exact) mass is 392 g/mol. The van der Waals surface area contributed by atoms with Crippen LogP contribution in [-0.2, 0) is 5.60 Å². The highest BCUT2D eigenvalue weighted by molar-refractivity contribution is 5.77. The Hall–Kier alpha value is -2.56. The third-order valence-corrected chi connectivity index (χ3v) is 6.01. The first-order valence-corrected chi connectivity index (χ1v) is 10.4. The van der Waals surface area contributed by atoms with E-state index in [0.717, 1.165) is 53.6 Å². The Morgan fingerprint density at radius 2 is 2.03 bits per heavy atom. The molecule has 0 amide bonds. The van der Waals surface area contributed by atoms with E-state index in [1.165, 1.54) is 6.08 Å². The van der Waals surface area contributed by atoms with E-state index in [2.05, 4.69) is 31.0 Å². The first kappa shape index (κ1) is 21.2. The second kappa shape index (κ2) is 8.85. The molecule has 0 aliphatic carbocycles. The predicted octanol–water partition coefficient (Wildman–Crippen LogP) is 4.93. The van der Waals surface area contributed by atoms with E-state index < -0.39 is 5.60 Å². The number of rotatable bonds is 6. The summed E-state index contributed by atoms with van der Waals surface area (Å²) in [6.07, 6.45) is 6.10. The van der Waals surface area contributed by atoms with Gasteiger partial charge in [-0.25, -0.2) is 0 Å². The minimum Gasteiger partial charge on any atom is -0.508 e. The summed E-state index contributed by atoms with van der Waals surface area (Å²) in [5, 5.41) is 24.5. The van der Waals surface area contributed by atoms with Gasteiger partial charge in [-0.2, -0.15) is 0 Å². The van der Waals surface area contributed by atoms with Gasteiger partial charge in [0.05, 0.1) is 0 Å². The van der Waals surface area contributed by atoms with Gasteiger partial charge in [-0.15, -0.1) is 0 Å². The topological polar surface area (TPSA) is 78.5 Å². The maximum Gasteiger partial charge on any atom is 0.115 e. The molecule has 1 saturated heterocycles. The highest BCUT2D eigenvalue weighted by Crippen LogP contribution is 2.38. The van der Waals surface area contributed by atoms with Crippen molar-refractivity contribution in [2.75, 3.05) is 18.8 Å². The summed E-state index contributed by atoms with van der Waals surface area (Å²) in [6, 6.07) is 12.1. The van der Waals surface area contributed by atoms with Crippen molar-refractivity contribution in [1.82, 2.24) is 5.32 Å². The molecule has 1 aliphatic rings. The maximum atomic E-state index is 11.4. The average Bonchev–Trinajstić information content (AvgIpc) is 2.72. The van der Waals surface area contributed by atoms with Crippen LogP contribution < -0.4 is 11.1 Å². The minimum absolute atomic E-state index is 0.0872. The molecule has 2 unspecified atom stereocenters. The smallest absolute Gasteiger partial charge is 0.115 e. The van der Waals surface area contributed by atoms with Crippen LogP contribution in [0.15, 0.2) is 54.8 Å². The van der Waals surface area contributed by atoms with E-state index in [9.17, 15) is 10.2 Å². The lowest BCUT2D eigenvalue weighted by molar-refractivity contribution is -0.0454. The lowest BCUT2D eigenvalue weighted by Gasteiger charge is -2.41. The number of aliphatic hydroxyl groups excluding tert-OH is 1. The maximum absolute atomic E-state index is 11.4. The number of hydrogen-bond donors (Lipinski definition) is 4. The number of nitrogens with two attached hydrogens (primary N) is 1. The first-order valence-electron chi connectivity index (χ1n) is 10.4. The Bertz CT molecular complexity index is 900. The van der Waals surface area contributed by atoms with Crippen molar-refractivity contribution in [2.24, 2.45) is 5.92 Å². The Morgan fingerprint density at radius 1 is 1.31 bits per heavy atom. The number of hydrogen-bond acceptors (Lipinski definition) is 4. The number of allylic oxidation sites excluding steroid dienone is 1. The molecule has 0 bridgehead atoms. The second-order valence-electron chi connectivity index (χ2n) is 8.02. The summed E-state index contributed by atoms with van der Waals surface area (Å²) in [5.41, 5.74) is 10.9. The summed E-state index contributed by atoms with van der Waals surface area (Å²) in [5.74, 6) is 0.366. The fraction of sp³-hybridized carbons (Fsp3) is 0.360. The molecule has 1 heterocycles. The number of β-amino-alcohol motifs (C(OH)–C–C–N with tert-alkyl or cyclic N) is 1. The summed E-state index contributed by atoms with van der Waals surface area (Å²) in [6.45, 7) is 9.32. The molecule has 29 heavy (non-hydrogen) atoms. The number of anilines is 1. The summed E-state index contributed by atoms with van der Waals surface area (Å²) in [4.78, 5) is 0. The zero-order chi connectivity index (χ0) is 21.0. The highest BCUT2D eigenvalue weighted by atomic mass is 16.3. The van der Waals surface area contributed by atoms with Crippen molar-refractivity contribution in [3.05, 3.63) is 71.5 Å².